The first kappa shape index (κ1) is 14.5. The van der Waals surface area contributed by atoms with E-state index < -0.39 is 11.7 Å². The first-order chi connectivity index (χ1) is 9.27. The number of H-pyrrole nitrogens is 1. The van der Waals surface area contributed by atoms with Crippen LogP contribution in [0.3, 0.4) is 0 Å². The molecule has 0 spiro atoms. The molecule has 2 rings (SSSR count). The van der Waals surface area contributed by atoms with E-state index >= 15 is 0 Å². The van der Waals surface area contributed by atoms with Crippen LogP contribution < -0.4 is 5.32 Å². The highest BCUT2D eigenvalue weighted by atomic mass is 35.5. The van der Waals surface area contributed by atoms with Crippen LogP contribution in [0.4, 0.5) is 10.2 Å². The molecule has 106 valence electrons. The summed E-state index contributed by atoms with van der Waals surface area (Å²) in [7, 11) is 0. The van der Waals surface area contributed by atoms with Gasteiger partial charge in [0.1, 0.15) is 11.0 Å². The number of amides is 1. The second-order valence-electron chi connectivity index (χ2n) is 5.36. The zero-order valence-electron chi connectivity index (χ0n) is 11.3. The highest BCUT2D eigenvalue weighted by Crippen LogP contribution is 2.22. The Kier molecular flexibility index (Phi) is 3.76. The molecule has 0 saturated heterocycles. The largest absolute Gasteiger partial charge is 0.305 e. The number of nitrogens with zero attached hydrogens (tertiary/aromatic N) is 2. The van der Waals surface area contributed by atoms with Gasteiger partial charge in [-0.15, -0.1) is 0 Å². The number of aromatic nitrogens is 3. The number of carbonyl (C=O) groups excluding carboxylic acids is 1. The van der Waals surface area contributed by atoms with Crippen molar-refractivity contribution in [1.29, 1.82) is 0 Å². The van der Waals surface area contributed by atoms with Gasteiger partial charge in [0.25, 0.3) is 5.91 Å². The maximum atomic E-state index is 13.1. The number of aromatic amines is 1. The predicted molar refractivity (Wildman–Crippen MR) is 74.4 cm³/mol. The molecule has 2 aromatic heterocycles. The fraction of sp³-hybridized carbons (Fsp3) is 0.308. The van der Waals surface area contributed by atoms with Crippen LogP contribution in [0.15, 0.2) is 18.3 Å². The van der Waals surface area contributed by atoms with Crippen molar-refractivity contribution in [3.8, 4) is 0 Å². The van der Waals surface area contributed by atoms with Crippen molar-refractivity contribution >= 4 is 23.3 Å². The molecule has 0 aliphatic heterocycles. The summed E-state index contributed by atoms with van der Waals surface area (Å²) in [6, 6.07) is 2.75. The van der Waals surface area contributed by atoms with Gasteiger partial charge >= 0.3 is 0 Å². The van der Waals surface area contributed by atoms with Crippen LogP contribution in [0.25, 0.3) is 0 Å². The van der Waals surface area contributed by atoms with Gasteiger partial charge in [0.2, 0.25) is 0 Å². The number of anilines is 1. The number of hydrogen-bond donors (Lipinski definition) is 2. The number of rotatable bonds is 2. The van der Waals surface area contributed by atoms with Crippen LogP contribution >= 0.6 is 11.6 Å². The second kappa shape index (κ2) is 5.20. The maximum absolute atomic E-state index is 13.1. The predicted octanol–water partition coefficient (Wildman–Crippen LogP) is 3.15. The van der Waals surface area contributed by atoms with Gasteiger partial charge in [0, 0.05) is 17.2 Å². The molecule has 0 saturated carbocycles. The monoisotopic (exact) mass is 296 g/mol. The van der Waals surface area contributed by atoms with Crippen LogP contribution in [0, 0.1) is 5.82 Å². The molecule has 0 radical (unpaired) electrons. The van der Waals surface area contributed by atoms with E-state index in [0.29, 0.717) is 5.82 Å². The van der Waals surface area contributed by atoms with Crippen molar-refractivity contribution in [3.63, 3.8) is 0 Å². The Morgan fingerprint density at radius 2 is 2.10 bits per heavy atom. The zero-order valence-corrected chi connectivity index (χ0v) is 12.0. The standard InChI is InChI=1S/C13H14ClFN4O/c1-13(2,3)9-5-10(19-18-9)17-12(20)8-4-7(15)6-16-11(8)14/h4-6H,1-3H3,(H2,17,18,19,20). The molecule has 7 heteroatoms. The smallest absolute Gasteiger partial charge is 0.260 e. The van der Waals surface area contributed by atoms with Crippen molar-refractivity contribution in [1.82, 2.24) is 15.2 Å². The molecule has 0 fully saturated rings. The van der Waals surface area contributed by atoms with E-state index in [9.17, 15) is 9.18 Å². The van der Waals surface area contributed by atoms with E-state index in [1.165, 1.54) is 0 Å². The lowest BCUT2D eigenvalue weighted by atomic mass is 9.92. The molecule has 2 aromatic rings. The summed E-state index contributed by atoms with van der Waals surface area (Å²) in [6.45, 7) is 6.04. The highest BCUT2D eigenvalue weighted by molar-refractivity contribution is 6.33. The molecule has 0 bridgehead atoms. The van der Waals surface area contributed by atoms with Gasteiger partial charge in [0.15, 0.2) is 5.82 Å². The molecule has 5 nitrogen and oxygen atoms in total. The topological polar surface area (TPSA) is 70.7 Å². The quantitative estimate of drug-likeness (QED) is 0.836. The summed E-state index contributed by atoms with van der Waals surface area (Å²) < 4.78 is 13.1. The van der Waals surface area contributed by atoms with E-state index in [4.69, 9.17) is 11.6 Å². The molecule has 1 amide bonds. The first-order valence-corrected chi connectivity index (χ1v) is 6.33. The normalized spacial score (nSPS) is 11.4. The SMILES string of the molecule is CC(C)(C)c1cc(NC(=O)c2cc(F)cnc2Cl)n[nH]1. The fourth-order valence-electron chi connectivity index (χ4n) is 1.54. The Morgan fingerprint density at radius 1 is 1.40 bits per heavy atom. The van der Waals surface area contributed by atoms with Crippen LogP contribution in [-0.2, 0) is 5.41 Å². The first-order valence-electron chi connectivity index (χ1n) is 5.95. The van der Waals surface area contributed by atoms with Crippen LogP contribution in [-0.4, -0.2) is 21.1 Å². The Labute approximate surface area is 120 Å². The molecule has 0 aliphatic carbocycles. The van der Waals surface area contributed by atoms with E-state index in [1.807, 2.05) is 20.8 Å². The maximum Gasteiger partial charge on any atom is 0.260 e. The number of pyridine rings is 1. The summed E-state index contributed by atoms with van der Waals surface area (Å²) >= 11 is 5.77. The number of nitrogens with one attached hydrogen (secondary N) is 2. The minimum absolute atomic E-state index is 0.0352. The van der Waals surface area contributed by atoms with Crippen LogP contribution in [0.5, 0.6) is 0 Å². The highest BCUT2D eigenvalue weighted by Gasteiger charge is 2.19. The Bertz CT molecular complexity index is 648. The number of halogens is 2. The van der Waals surface area contributed by atoms with Gasteiger partial charge in [-0.1, -0.05) is 32.4 Å². The zero-order chi connectivity index (χ0) is 14.9. The number of hydrogen-bond acceptors (Lipinski definition) is 3. The molecule has 0 unspecified atom stereocenters. The van der Waals surface area contributed by atoms with E-state index in [2.05, 4.69) is 20.5 Å². The van der Waals surface area contributed by atoms with Gasteiger partial charge in [-0.2, -0.15) is 5.10 Å². The lowest BCUT2D eigenvalue weighted by Crippen LogP contribution is -2.14. The van der Waals surface area contributed by atoms with Gasteiger partial charge in [-0.25, -0.2) is 9.37 Å². The third-order valence-corrected chi connectivity index (χ3v) is 2.98. The molecule has 20 heavy (non-hydrogen) atoms. The molecule has 0 aromatic carbocycles. The third kappa shape index (κ3) is 3.14. The van der Waals surface area contributed by atoms with Crippen molar-refractivity contribution in [2.75, 3.05) is 5.32 Å². The number of carbonyl (C=O) groups is 1. The Hall–Kier alpha value is -1.95. The Balaban J connectivity index is 2.20. The van der Waals surface area contributed by atoms with Crippen molar-refractivity contribution in [2.45, 2.75) is 26.2 Å². The Morgan fingerprint density at radius 3 is 2.70 bits per heavy atom. The molecular weight excluding hydrogens is 283 g/mol. The van der Waals surface area contributed by atoms with Gasteiger partial charge in [-0.3, -0.25) is 9.89 Å². The van der Waals surface area contributed by atoms with Crippen molar-refractivity contribution < 1.29 is 9.18 Å². The van der Waals surface area contributed by atoms with Crippen LogP contribution in [0.1, 0.15) is 36.8 Å². The average Bonchev–Trinajstić information content (AvgIpc) is 2.80. The molecule has 0 atom stereocenters. The van der Waals surface area contributed by atoms with Gasteiger partial charge in [0.05, 0.1) is 11.8 Å². The summed E-state index contributed by atoms with van der Waals surface area (Å²) in [6.07, 6.45) is 0.950. The van der Waals surface area contributed by atoms with Crippen molar-refractivity contribution in [2.24, 2.45) is 0 Å². The third-order valence-electron chi connectivity index (χ3n) is 2.68. The lowest BCUT2D eigenvalue weighted by Gasteiger charge is -2.14. The lowest BCUT2D eigenvalue weighted by molar-refractivity contribution is 0.102. The minimum Gasteiger partial charge on any atom is -0.305 e. The molecular formula is C13H14ClFN4O. The average molecular weight is 297 g/mol. The van der Waals surface area contributed by atoms with Crippen LogP contribution in [0.2, 0.25) is 5.15 Å². The second-order valence-corrected chi connectivity index (χ2v) is 5.72. The molecule has 2 N–H and O–H groups in total. The summed E-state index contributed by atoms with van der Waals surface area (Å²) in [4.78, 5) is 15.6. The van der Waals surface area contributed by atoms with Gasteiger partial charge in [-0.05, 0) is 6.07 Å². The summed E-state index contributed by atoms with van der Waals surface area (Å²) in [5.41, 5.74) is 0.719. The molecule has 2 heterocycles. The van der Waals surface area contributed by atoms with Crippen molar-refractivity contribution in [3.05, 3.63) is 40.6 Å². The van der Waals surface area contributed by atoms with Gasteiger partial charge < -0.3 is 5.32 Å². The van der Waals surface area contributed by atoms with E-state index in [1.54, 1.807) is 6.07 Å². The summed E-state index contributed by atoms with van der Waals surface area (Å²) in [5, 5.41) is 9.31. The fourth-order valence-corrected chi connectivity index (χ4v) is 1.72. The minimum atomic E-state index is -0.628. The molecule has 0 aliphatic rings. The van der Waals surface area contributed by atoms with E-state index in [-0.39, 0.29) is 16.1 Å². The summed E-state index contributed by atoms with van der Waals surface area (Å²) in [5.74, 6) is -0.842. The van der Waals surface area contributed by atoms with E-state index in [0.717, 1.165) is 18.0 Å².